The Kier molecular flexibility index (Phi) is 15.7. The van der Waals surface area contributed by atoms with Crippen LogP contribution in [-0.2, 0) is 9.53 Å². The van der Waals surface area contributed by atoms with E-state index in [0.29, 0.717) is 17.3 Å². The zero-order chi connectivity index (χ0) is 34.6. The van der Waals surface area contributed by atoms with E-state index in [4.69, 9.17) is 4.74 Å². The molecule has 0 bridgehead atoms. The smallest absolute Gasteiger partial charge is 0.306 e. The first-order valence-corrected chi connectivity index (χ1v) is 21.2. The third-order valence-electron chi connectivity index (χ3n) is 14.2. The fourth-order valence-electron chi connectivity index (χ4n) is 11.3. The van der Waals surface area contributed by atoms with Gasteiger partial charge in [-0.2, -0.15) is 0 Å². The zero-order valence-corrected chi connectivity index (χ0v) is 32.6. The van der Waals surface area contributed by atoms with Crippen LogP contribution in [-0.4, -0.2) is 22.8 Å². The van der Waals surface area contributed by atoms with E-state index in [9.17, 15) is 9.90 Å². The molecule has 3 heteroatoms. The van der Waals surface area contributed by atoms with E-state index in [0.717, 1.165) is 68.1 Å². The standard InChI is InChI=1S/C45H78O3/c1-7-8-9-10-11-12-13-14-15-16-17-18-19-20-21-24-42(46)48-37-29-32-44(5)36(34-37)25-26-38-40-28-27-39(45(40,6)33-30-41(38)44)35(2)23-22-31-43(3,4)47/h14-15,25,35,37-41,47H,7-13,16-24,26-34H2,1-6H3/b15-14+/t35-,37+,38+,39-,40+,41+,44+,45-/m1/s1. The molecular formula is C45H78O3. The summed E-state index contributed by atoms with van der Waals surface area (Å²) in [5.41, 5.74) is 1.86. The largest absolute Gasteiger partial charge is 0.462 e. The fourth-order valence-corrected chi connectivity index (χ4v) is 11.3. The Bertz CT molecular complexity index is 1020. The van der Waals surface area contributed by atoms with Crippen LogP contribution < -0.4 is 0 Å². The topological polar surface area (TPSA) is 46.5 Å². The number of esters is 1. The van der Waals surface area contributed by atoms with Gasteiger partial charge in [0.05, 0.1) is 5.60 Å². The molecule has 4 rings (SSSR count). The summed E-state index contributed by atoms with van der Waals surface area (Å²) < 4.78 is 6.11. The molecule has 8 atom stereocenters. The summed E-state index contributed by atoms with van der Waals surface area (Å²) in [5.74, 6) is 4.10. The molecule has 4 aliphatic rings. The van der Waals surface area contributed by atoms with Crippen LogP contribution in [0.5, 0.6) is 0 Å². The maximum atomic E-state index is 12.8. The van der Waals surface area contributed by atoms with Gasteiger partial charge >= 0.3 is 5.97 Å². The first-order chi connectivity index (χ1) is 23.0. The number of aliphatic hydroxyl groups is 1. The first-order valence-electron chi connectivity index (χ1n) is 21.2. The molecule has 3 nitrogen and oxygen atoms in total. The van der Waals surface area contributed by atoms with Gasteiger partial charge < -0.3 is 9.84 Å². The molecule has 3 saturated carbocycles. The van der Waals surface area contributed by atoms with Crippen molar-refractivity contribution in [1.82, 2.24) is 0 Å². The van der Waals surface area contributed by atoms with Crippen molar-refractivity contribution in [3.63, 3.8) is 0 Å². The summed E-state index contributed by atoms with van der Waals surface area (Å²) in [6.45, 7) is 13.9. The van der Waals surface area contributed by atoms with E-state index in [2.05, 4.69) is 45.9 Å². The average molecular weight is 667 g/mol. The molecule has 0 heterocycles. The maximum absolute atomic E-state index is 12.8. The van der Waals surface area contributed by atoms with Crippen molar-refractivity contribution >= 4 is 5.97 Å². The van der Waals surface area contributed by atoms with Crippen LogP contribution in [0, 0.1) is 40.4 Å². The van der Waals surface area contributed by atoms with E-state index >= 15 is 0 Å². The molecular weight excluding hydrogens is 588 g/mol. The van der Waals surface area contributed by atoms with Gasteiger partial charge in [-0.15, -0.1) is 0 Å². The lowest BCUT2D eigenvalue weighted by atomic mass is 9.47. The summed E-state index contributed by atoms with van der Waals surface area (Å²) in [5, 5.41) is 10.2. The minimum atomic E-state index is -0.539. The number of hydrogen-bond donors (Lipinski definition) is 1. The van der Waals surface area contributed by atoms with Crippen molar-refractivity contribution in [1.29, 1.82) is 0 Å². The number of carbonyl (C=O) groups excluding carboxylic acids is 1. The van der Waals surface area contributed by atoms with E-state index < -0.39 is 5.60 Å². The van der Waals surface area contributed by atoms with Crippen LogP contribution in [0.25, 0.3) is 0 Å². The highest BCUT2D eigenvalue weighted by Gasteiger charge is 2.59. The number of unbranched alkanes of at least 4 members (excludes halogenated alkanes) is 11. The quantitative estimate of drug-likeness (QED) is 0.0753. The molecule has 0 aliphatic heterocycles. The summed E-state index contributed by atoms with van der Waals surface area (Å²) in [7, 11) is 0. The molecule has 0 unspecified atom stereocenters. The molecule has 276 valence electrons. The van der Waals surface area contributed by atoms with E-state index in [1.54, 1.807) is 5.57 Å². The third-order valence-corrected chi connectivity index (χ3v) is 14.2. The van der Waals surface area contributed by atoms with Gasteiger partial charge in [0, 0.05) is 12.8 Å². The molecule has 0 aromatic carbocycles. The Labute approximate surface area is 297 Å². The van der Waals surface area contributed by atoms with Gasteiger partial charge in [-0.05, 0) is 138 Å². The lowest BCUT2D eigenvalue weighted by Crippen LogP contribution is -2.51. The van der Waals surface area contributed by atoms with Gasteiger partial charge in [-0.3, -0.25) is 4.79 Å². The summed E-state index contributed by atoms with van der Waals surface area (Å²) >= 11 is 0. The van der Waals surface area contributed by atoms with Gasteiger partial charge in [-0.25, -0.2) is 0 Å². The Morgan fingerprint density at radius 3 is 2.25 bits per heavy atom. The van der Waals surface area contributed by atoms with Gasteiger partial charge in [0.2, 0.25) is 0 Å². The monoisotopic (exact) mass is 667 g/mol. The SMILES string of the molecule is CCCCCCCC/C=C/CCCCCCCC(=O)O[C@H]1CC[C@@]2(C)C(=CC[C@H]3[C@@H]4CC[C@H]([C@H](C)CCCC(C)(C)O)[C@@]4(C)CC[C@@H]32)C1. The molecule has 0 aromatic rings. The zero-order valence-electron chi connectivity index (χ0n) is 32.6. The van der Waals surface area contributed by atoms with E-state index in [1.807, 2.05) is 13.8 Å². The second kappa shape index (κ2) is 18.9. The third kappa shape index (κ3) is 11.0. The van der Waals surface area contributed by atoms with Crippen LogP contribution in [0.3, 0.4) is 0 Å². The highest BCUT2D eigenvalue weighted by Crippen LogP contribution is 2.67. The summed E-state index contributed by atoms with van der Waals surface area (Å²) in [6.07, 6.45) is 38.0. The summed E-state index contributed by atoms with van der Waals surface area (Å²) in [6, 6.07) is 0. The lowest BCUT2D eigenvalue weighted by molar-refractivity contribution is -0.151. The van der Waals surface area contributed by atoms with Crippen molar-refractivity contribution in [2.24, 2.45) is 40.4 Å². The Hall–Kier alpha value is -1.09. The molecule has 0 radical (unpaired) electrons. The normalized spacial score (nSPS) is 32.4. The van der Waals surface area contributed by atoms with Gasteiger partial charge in [-0.1, -0.05) is 116 Å². The number of allylic oxidation sites excluding steroid dienone is 3. The number of hydrogen-bond acceptors (Lipinski definition) is 3. The molecule has 48 heavy (non-hydrogen) atoms. The average Bonchev–Trinajstić information content (AvgIpc) is 3.40. The first kappa shape index (κ1) is 39.7. The van der Waals surface area contributed by atoms with Gasteiger partial charge in [0.15, 0.2) is 0 Å². The van der Waals surface area contributed by atoms with Crippen molar-refractivity contribution in [2.45, 2.75) is 214 Å². The number of fused-ring (bicyclic) bond motifs is 5. The molecule has 4 aliphatic carbocycles. The van der Waals surface area contributed by atoms with E-state index in [1.165, 1.54) is 116 Å². The Morgan fingerprint density at radius 2 is 1.56 bits per heavy atom. The molecule has 0 spiro atoms. The van der Waals surface area contributed by atoms with Crippen molar-refractivity contribution in [3.8, 4) is 0 Å². The van der Waals surface area contributed by atoms with Gasteiger partial charge in [0.1, 0.15) is 6.10 Å². The minimum Gasteiger partial charge on any atom is -0.462 e. The van der Waals surface area contributed by atoms with Crippen molar-refractivity contribution in [2.75, 3.05) is 0 Å². The number of carbonyl (C=O) groups is 1. The highest BCUT2D eigenvalue weighted by molar-refractivity contribution is 5.69. The molecule has 0 amide bonds. The maximum Gasteiger partial charge on any atom is 0.306 e. The second-order valence-electron chi connectivity index (χ2n) is 18.4. The van der Waals surface area contributed by atoms with Crippen molar-refractivity contribution < 1.29 is 14.6 Å². The molecule has 1 N–H and O–H groups in total. The van der Waals surface area contributed by atoms with Crippen LogP contribution in [0.1, 0.15) is 202 Å². The second-order valence-corrected chi connectivity index (χ2v) is 18.4. The van der Waals surface area contributed by atoms with Gasteiger partial charge in [0.25, 0.3) is 0 Å². The van der Waals surface area contributed by atoms with Crippen LogP contribution in [0.15, 0.2) is 23.8 Å². The number of ether oxygens (including phenoxy) is 1. The van der Waals surface area contributed by atoms with Crippen LogP contribution >= 0.6 is 0 Å². The number of rotatable bonds is 21. The van der Waals surface area contributed by atoms with E-state index in [-0.39, 0.29) is 12.1 Å². The van der Waals surface area contributed by atoms with Crippen LogP contribution in [0.4, 0.5) is 0 Å². The van der Waals surface area contributed by atoms with Crippen molar-refractivity contribution in [3.05, 3.63) is 23.8 Å². The predicted octanol–water partition coefficient (Wildman–Crippen LogP) is 13.1. The Morgan fingerprint density at radius 1 is 0.896 bits per heavy atom. The highest BCUT2D eigenvalue weighted by atomic mass is 16.5. The lowest BCUT2D eigenvalue weighted by Gasteiger charge is -2.58. The molecule has 0 saturated heterocycles. The predicted molar refractivity (Wildman–Crippen MR) is 204 cm³/mol. The molecule has 0 aromatic heterocycles. The fraction of sp³-hybridized carbons (Fsp3) is 0.889. The van der Waals surface area contributed by atoms with Crippen LogP contribution in [0.2, 0.25) is 0 Å². The minimum absolute atomic E-state index is 0.0395. The Balaban J connectivity index is 1.12. The summed E-state index contributed by atoms with van der Waals surface area (Å²) in [4.78, 5) is 12.8. The molecule has 3 fully saturated rings.